The number of rotatable bonds is 7. The number of ether oxygens (including phenoxy) is 1. The van der Waals surface area contributed by atoms with Crippen LogP contribution in [0.4, 0.5) is 5.69 Å². The van der Waals surface area contributed by atoms with E-state index in [9.17, 15) is 9.59 Å². The smallest absolute Gasteiger partial charge is 0.307 e. The zero-order chi connectivity index (χ0) is 25.2. The molecule has 36 heavy (non-hydrogen) atoms. The standard InChI is InChI=1S/C26H25Cl2N5O3/c1-17-6-7-21-18(14-17)24-19(15-29-21)25(35)33(26(30-24)36-16-34)9-3-8-31-10-12-32(13-11-31)22-5-2-4-20(27)23(22)28/h2,4-7,14-16H,3,8-13H2,1H3. The molecule has 0 N–H and O–H groups in total. The molecule has 0 aliphatic carbocycles. The average molecular weight is 526 g/mol. The summed E-state index contributed by atoms with van der Waals surface area (Å²) in [5.41, 5.74) is 2.92. The molecule has 0 unspecified atom stereocenters. The Bertz CT molecular complexity index is 1500. The fourth-order valence-corrected chi connectivity index (χ4v) is 5.10. The lowest BCUT2D eigenvalue weighted by atomic mass is 10.1. The number of halogens is 2. The van der Waals surface area contributed by atoms with Gasteiger partial charge in [-0.2, -0.15) is 4.98 Å². The maximum Gasteiger partial charge on any atom is 0.307 e. The Morgan fingerprint density at radius 2 is 1.86 bits per heavy atom. The highest BCUT2D eigenvalue weighted by atomic mass is 35.5. The van der Waals surface area contributed by atoms with Gasteiger partial charge in [-0.1, -0.05) is 40.9 Å². The van der Waals surface area contributed by atoms with Crippen LogP contribution in [0.1, 0.15) is 12.0 Å². The van der Waals surface area contributed by atoms with Crippen LogP contribution in [0.2, 0.25) is 10.0 Å². The van der Waals surface area contributed by atoms with E-state index in [1.807, 2.05) is 37.3 Å². The van der Waals surface area contributed by atoms with Crippen LogP contribution in [0.5, 0.6) is 6.01 Å². The van der Waals surface area contributed by atoms with Gasteiger partial charge in [0.15, 0.2) is 0 Å². The Labute approximate surface area is 218 Å². The Balaban J connectivity index is 1.30. The zero-order valence-electron chi connectivity index (χ0n) is 19.8. The number of carbonyl (C=O) groups excluding carboxylic acids is 1. The Hall–Kier alpha value is -3.20. The zero-order valence-corrected chi connectivity index (χ0v) is 21.3. The van der Waals surface area contributed by atoms with Gasteiger partial charge >= 0.3 is 12.5 Å². The summed E-state index contributed by atoms with van der Waals surface area (Å²) in [4.78, 5) is 38.1. The Morgan fingerprint density at radius 1 is 1.06 bits per heavy atom. The second-order valence-corrected chi connectivity index (χ2v) is 9.65. The van der Waals surface area contributed by atoms with E-state index in [4.69, 9.17) is 27.9 Å². The summed E-state index contributed by atoms with van der Waals surface area (Å²) in [6.07, 6.45) is 2.24. The molecule has 0 radical (unpaired) electrons. The largest absolute Gasteiger partial charge is 0.394 e. The van der Waals surface area contributed by atoms with Crippen molar-refractivity contribution >= 4 is 57.2 Å². The first kappa shape index (κ1) is 24.5. The minimum Gasteiger partial charge on any atom is -0.394 e. The minimum atomic E-state index is -0.270. The number of hydrogen-bond donors (Lipinski definition) is 0. The highest BCUT2D eigenvalue weighted by Crippen LogP contribution is 2.33. The van der Waals surface area contributed by atoms with Crippen molar-refractivity contribution in [1.29, 1.82) is 0 Å². The quantitative estimate of drug-likeness (QED) is 0.262. The summed E-state index contributed by atoms with van der Waals surface area (Å²) in [5.74, 6) is 0. The lowest BCUT2D eigenvalue weighted by Crippen LogP contribution is -2.47. The normalized spacial score (nSPS) is 14.5. The van der Waals surface area contributed by atoms with Gasteiger partial charge in [0.25, 0.3) is 5.56 Å². The lowest BCUT2D eigenvalue weighted by molar-refractivity contribution is -0.121. The third-order valence-corrected chi connectivity index (χ3v) is 7.37. The van der Waals surface area contributed by atoms with Gasteiger partial charge in [-0.25, -0.2) is 0 Å². The van der Waals surface area contributed by atoms with Gasteiger partial charge in [0.2, 0.25) is 0 Å². The van der Waals surface area contributed by atoms with E-state index in [1.54, 1.807) is 12.3 Å². The fraction of sp³-hybridized carbons (Fsp3) is 0.308. The average Bonchev–Trinajstić information content (AvgIpc) is 2.88. The number of aromatic nitrogens is 3. The van der Waals surface area contributed by atoms with Crippen LogP contribution < -0.4 is 15.2 Å². The fourth-order valence-electron chi connectivity index (χ4n) is 4.69. The number of pyridine rings is 1. The molecule has 1 aliphatic rings. The van der Waals surface area contributed by atoms with Crippen LogP contribution in [0.3, 0.4) is 0 Å². The molecule has 186 valence electrons. The van der Waals surface area contributed by atoms with Crippen LogP contribution in [0.15, 0.2) is 47.4 Å². The van der Waals surface area contributed by atoms with E-state index >= 15 is 0 Å². The molecule has 3 heterocycles. The SMILES string of the molecule is Cc1ccc2ncc3c(=O)n(CCCN4CCN(c5cccc(Cl)c5Cl)CC4)c(OC=O)nc3c2c1. The second-order valence-electron chi connectivity index (χ2n) is 8.86. The molecule has 5 rings (SSSR count). The number of piperazine rings is 1. The van der Waals surface area contributed by atoms with Crippen LogP contribution in [0, 0.1) is 6.92 Å². The Morgan fingerprint density at radius 3 is 2.64 bits per heavy atom. The first-order valence-electron chi connectivity index (χ1n) is 11.8. The van der Waals surface area contributed by atoms with Crippen molar-refractivity contribution in [2.45, 2.75) is 19.9 Å². The Kier molecular flexibility index (Phi) is 7.09. The molecule has 8 nitrogen and oxygen atoms in total. The lowest BCUT2D eigenvalue weighted by Gasteiger charge is -2.36. The molecule has 4 aromatic rings. The number of benzene rings is 2. The predicted octanol–water partition coefficient (Wildman–Crippen LogP) is 4.31. The second kappa shape index (κ2) is 10.4. The minimum absolute atomic E-state index is 0.00285. The van der Waals surface area contributed by atoms with Crippen molar-refractivity contribution in [2.75, 3.05) is 37.6 Å². The van der Waals surface area contributed by atoms with E-state index in [-0.39, 0.29) is 11.6 Å². The maximum atomic E-state index is 13.3. The highest BCUT2D eigenvalue weighted by Gasteiger charge is 2.20. The summed E-state index contributed by atoms with van der Waals surface area (Å²) in [7, 11) is 0. The van der Waals surface area contributed by atoms with Crippen molar-refractivity contribution in [2.24, 2.45) is 0 Å². The van der Waals surface area contributed by atoms with Crippen LogP contribution >= 0.6 is 23.2 Å². The molecular weight excluding hydrogens is 501 g/mol. The number of carbonyl (C=O) groups is 1. The van der Waals surface area contributed by atoms with Crippen molar-refractivity contribution in [3.05, 3.63) is 68.6 Å². The third-order valence-electron chi connectivity index (χ3n) is 6.56. The topological polar surface area (TPSA) is 80.6 Å². The van der Waals surface area contributed by atoms with Crippen molar-refractivity contribution in [3.8, 4) is 6.01 Å². The van der Waals surface area contributed by atoms with Gasteiger partial charge in [-0.05, 0) is 44.2 Å². The van der Waals surface area contributed by atoms with Gasteiger partial charge in [-0.3, -0.25) is 24.0 Å². The summed E-state index contributed by atoms with van der Waals surface area (Å²) in [6.45, 7) is 6.81. The molecule has 2 aromatic carbocycles. The van der Waals surface area contributed by atoms with Gasteiger partial charge in [0.1, 0.15) is 0 Å². The van der Waals surface area contributed by atoms with Gasteiger partial charge in [0, 0.05) is 44.3 Å². The number of aryl methyl sites for hydroxylation is 1. The molecule has 1 fully saturated rings. The summed E-state index contributed by atoms with van der Waals surface area (Å²) in [5, 5.41) is 2.29. The van der Waals surface area contributed by atoms with Crippen LogP contribution in [-0.4, -0.2) is 58.6 Å². The van der Waals surface area contributed by atoms with Crippen molar-refractivity contribution < 1.29 is 9.53 Å². The number of anilines is 1. The first-order valence-corrected chi connectivity index (χ1v) is 12.5. The molecular formula is C26H25Cl2N5O3. The molecule has 0 bridgehead atoms. The van der Waals surface area contributed by atoms with Gasteiger partial charge < -0.3 is 9.64 Å². The predicted molar refractivity (Wildman–Crippen MR) is 142 cm³/mol. The molecule has 1 saturated heterocycles. The highest BCUT2D eigenvalue weighted by molar-refractivity contribution is 6.43. The molecule has 0 amide bonds. The molecule has 1 aliphatic heterocycles. The van der Waals surface area contributed by atoms with E-state index < -0.39 is 0 Å². The molecule has 0 saturated carbocycles. The van der Waals surface area contributed by atoms with Gasteiger partial charge in [0.05, 0.1) is 32.2 Å². The van der Waals surface area contributed by atoms with Crippen LogP contribution in [0.25, 0.3) is 21.8 Å². The number of fused-ring (bicyclic) bond motifs is 3. The van der Waals surface area contributed by atoms with E-state index in [2.05, 4.69) is 19.8 Å². The molecule has 0 spiro atoms. The van der Waals surface area contributed by atoms with Gasteiger partial charge in [-0.15, -0.1) is 0 Å². The number of nitrogens with zero attached hydrogens (tertiary/aromatic N) is 5. The third kappa shape index (κ3) is 4.76. The van der Waals surface area contributed by atoms with Crippen LogP contribution in [-0.2, 0) is 11.3 Å². The molecule has 2 aromatic heterocycles. The van der Waals surface area contributed by atoms with Crippen molar-refractivity contribution in [1.82, 2.24) is 19.4 Å². The summed E-state index contributed by atoms with van der Waals surface area (Å²) in [6, 6.07) is 11.4. The maximum absolute atomic E-state index is 13.3. The van der Waals surface area contributed by atoms with E-state index in [0.717, 1.165) is 54.9 Å². The summed E-state index contributed by atoms with van der Waals surface area (Å²) >= 11 is 12.6. The summed E-state index contributed by atoms with van der Waals surface area (Å²) < 4.78 is 6.56. The van der Waals surface area contributed by atoms with Crippen molar-refractivity contribution in [3.63, 3.8) is 0 Å². The van der Waals surface area contributed by atoms with E-state index in [0.29, 0.717) is 40.4 Å². The molecule has 10 heteroatoms. The monoisotopic (exact) mass is 525 g/mol. The first-order chi connectivity index (χ1) is 17.5. The van der Waals surface area contributed by atoms with E-state index in [1.165, 1.54) is 4.57 Å². The number of hydrogen-bond acceptors (Lipinski definition) is 7. The molecule has 0 atom stereocenters.